The van der Waals surface area contributed by atoms with Crippen LogP contribution in [0.25, 0.3) is 0 Å². The number of ether oxygens (including phenoxy) is 1. The van der Waals surface area contributed by atoms with Gasteiger partial charge in [0.15, 0.2) is 0 Å². The molecule has 1 aromatic rings. The van der Waals surface area contributed by atoms with E-state index in [2.05, 4.69) is 37.4 Å². The van der Waals surface area contributed by atoms with Crippen molar-refractivity contribution in [1.29, 1.82) is 0 Å². The summed E-state index contributed by atoms with van der Waals surface area (Å²) >= 11 is 0. The zero-order valence-corrected chi connectivity index (χ0v) is 10.4. The first-order chi connectivity index (χ1) is 7.69. The van der Waals surface area contributed by atoms with Crippen LogP contribution in [0.15, 0.2) is 24.3 Å². The topological polar surface area (TPSA) is 21.3 Å². The molecule has 0 unspecified atom stereocenters. The van der Waals surface area contributed by atoms with Crippen LogP contribution in [0, 0.1) is 5.92 Å². The van der Waals surface area contributed by atoms with Crippen LogP contribution in [-0.4, -0.2) is 13.2 Å². The van der Waals surface area contributed by atoms with Gasteiger partial charge in [0.25, 0.3) is 0 Å². The van der Waals surface area contributed by atoms with Crippen LogP contribution in [0.3, 0.4) is 0 Å². The minimum absolute atomic E-state index is 0.410. The SMILES string of the molecule is COc1cccc([C@H](C)NC2CC(C)C2)c1. The average molecular weight is 219 g/mol. The summed E-state index contributed by atoms with van der Waals surface area (Å²) in [5, 5.41) is 3.66. The highest BCUT2D eigenvalue weighted by Crippen LogP contribution is 2.29. The van der Waals surface area contributed by atoms with Gasteiger partial charge in [0.05, 0.1) is 7.11 Å². The van der Waals surface area contributed by atoms with Crippen molar-refractivity contribution in [2.24, 2.45) is 5.92 Å². The third-order valence-electron chi connectivity index (χ3n) is 3.45. The number of methoxy groups -OCH3 is 1. The Morgan fingerprint density at radius 3 is 2.75 bits per heavy atom. The lowest BCUT2D eigenvalue weighted by atomic mass is 9.81. The van der Waals surface area contributed by atoms with Gasteiger partial charge < -0.3 is 10.1 Å². The van der Waals surface area contributed by atoms with Gasteiger partial charge in [0.1, 0.15) is 5.75 Å². The fourth-order valence-corrected chi connectivity index (χ4v) is 2.40. The van der Waals surface area contributed by atoms with E-state index in [1.807, 2.05) is 6.07 Å². The van der Waals surface area contributed by atoms with E-state index in [1.54, 1.807) is 7.11 Å². The quantitative estimate of drug-likeness (QED) is 0.840. The van der Waals surface area contributed by atoms with E-state index in [4.69, 9.17) is 4.74 Å². The Hall–Kier alpha value is -1.02. The van der Waals surface area contributed by atoms with E-state index in [0.717, 1.165) is 11.7 Å². The Kier molecular flexibility index (Phi) is 3.49. The van der Waals surface area contributed by atoms with Gasteiger partial charge in [-0.05, 0) is 43.4 Å². The van der Waals surface area contributed by atoms with Crippen LogP contribution < -0.4 is 10.1 Å². The smallest absolute Gasteiger partial charge is 0.119 e. The van der Waals surface area contributed by atoms with Crippen LogP contribution in [0.4, 0.5) is 0 Å². The average Bonchev–Trinajstić information content (AvgIpc) is 2.27. The predicted molar refractivity (Wildman–Crippen MR) is 66.7 cm³/mol. The second-order valence-corrected chi connectivity index (χ2v) is 4.94. The number of hydrogen-bond donors (Lipinski definition) is 1. The van der Waals surface area contributed by atoms with Crippen LogP contribution in [-0.2, 0) is 0 Å². The maximum absolute atomic E-state index is 5.24. The molecule has 1 aliphatic carbocycles. The molecule has 1 aromatic carbocycles. The van der Waals surface area contributed by atoms with Gasteiger partial charge in [-0.3, -0.25) is 0 Å². The zero-order chi connectivity index (χ0) is 11.5. The highest BCUT2D eigenvalue weighted by molar-refractivity contribution is 5.30. The lowest BCUT2D eigenvalue weighted by molar-refractivity contribution is 0.226. The third kappa shape index (κ3) is 2.56. The maximum atomic E-state index is 5.24. The lowest BCUT2D eigenvalue weighted by Crippen LogP contribution is -2.41. The molecule has 1 aliphatic rings. The molecule has 88 valence electrons. The molecular weight excluding hydrogens is 198 g/mol. The number of nitrogens with one attached hydrogen (secondary N) is 1. The minimum Gasteiger partial charge on any atom is -0.497 e. The second kappa shape index (κ2) is 4.88. The van der Waals surface area contributed by atoms with E-state index >= 15 is 0 Å². The van der Waals surface area contributed by atoms with E-state index < -0.39 is 0 Å². The van der Waals surface area contributed by atoms with Crippen LogP contribution >= 0.6 is 0 Å². The second-order valence-electron chi connectivity index (χ2n) is 4.94. The van der Waals surface area contributed by atoms with E-state index in [-0.39, 0.29) is 0 Å². The summed E-state index contributed by atoms with van der Waals surface area (Å²) in [6, 6.07) is 9.42. The molecule has 2 nitrogen and oxygen atoms in total. The summed E-state index contributed by atoms with van der Waals surface area (Å²) in [5.74, 6) is 1.84. The number of benzene rings is 1. The third-order valence-corrected chi connectivity index (χ3v) is 3.45. The zero-order valence-electron chi connectivity index (χ0n) is 10.4. The monoisotopic (exact) mass is 219 g/mol. The van der Waals surface area contributed by atoms with Gasteiger partial charge in [-0.1, -0.05) is 19.1 Å². The fraction of sp³-hybridized carbons (Fsp3) is 0.571. The predicted octanol–water partition coefficient (Wildman–Crippen LogP) is 3.14. The van der Waals surface area contributed by atoms with Crippen molar-refractivity contribution in [3.63, 3.8) is 0 Å². The van der Waals surface area contributed by atoms with E-state index in [0.29, 0.717) is 12.1 Å². The summed E-state index contributed by atoms with van der Waals surface area (Å²) in [6.07, 6.45) is 2.63. The normalized spacial score (nSPS) is 25.9. The van der Waals surface area contributed by atoms with Crippen LogP contribution in [0.1, 0.15) is 38.3 Å². The van der Waals surface area contributed by atoms with Gasteiger partial charge in [-0.15, -0.1) is 0 Å². The van der Waals surface area contributed by atoms with Crippen molar-refractivity contribution in [1.82, 2.24) is 5.32 Å². The summed E-state index contributed by atoms with van der Waals surface area (Å²) < 4.78 is 5.24. The highest BCUT2D eigenvalue weighted by atomic mass is 16.5. The number of rotatable bonds is 4. The molecule has 0 aliphatic heterocycles. The van der Waals surface area contributed by atoms with Gasteiger partial charge in [0, 0.05) is 12.1 Å². The largest absolute Gasteiger partial charge is 0.497 e. The van der Waals surface area contributed by atoms with Gasteiger partial charge in [0.2, 0.25) is 0 Å². The van der Waals surface area contributed by atoms with Crippen molar-refractivity contribution >= 4 is 0 Å². The van der Waals surface area contributed by atoms with Crippen LogP contribution in [0.2, 0.25) is 0 Å². The summed E-state index contributed by atoms with van der Waals surface area (Å²) in [7, 11) is 1.71. The van der Waals surface area contributed by atoms with Gasteiger partial charge in [-0.25, -0.2) is 0 Å². The van der Waals surface area contributed by atoms with Crippen LogP contribution in [0.5, 0.6) is 5.75 Å². The van der Waals surface area contributed by atoms with Crippen molar-refractivity contribution in [2.75, 3.05) is 7.11 Å². The molecule has 2 heteroatoms. The summed E-state index contributed by atoms with van der Waals surface area (Å²) in [4.78, 5) is 0. The molecule has 1 N–H and O–H groups in total. The van der Waals surface area contributed by atoms with Gasteiger partial charge in [-0.2, -0.15) is 0 Å². The first-order valence-corrected chi connectivity index (χ1v) is 6.09. The molecule has 0 bridgehead atoms. The van der Waals surface area contributed by atoms with Crippen molar-refractivity contribution in [2.45, 2.75) is 38.8 Å². The molecule has 1 saturated carbocycles. The molecule has 0 heterocycles. The van der Waals surface area contributed by atoms with Crippen molar-refractivity contribution in [3.05, 3.63) is 29.8 Å². The molecule has 0 saturated heterocycles. The van der Waals surface area contributed by atoms with Gasteiger partial charge >= 0.3 is 0 Å². The Balaban J connectivity index is 1.94. The molecule has 0 aromatic heterocycles. The van der Waals surface area contributed by atoms with Crippen molar-refractivity contribution < 1.29 is 4.74 Å². The molecule has 2 rings (SSSR count). The molecule has 0 spiro atoms. The van der Waals surface area contributed by atoms with E-state index in [1.165, 1.54) is 18.4 Å². The minimum atomic E-state index is 0.410. The summed E-state index contributed by atoms with van der Waals surface area (Å²) in [6.45, 7) is 4.53. The Morgan fingerprint density at radius 2 is 2.12 bits per heavy atom. The molecule has 0 radical (unpaired) electrons. The molecular formula is C14H21NO. The fourth-order valence-electron chi connectivity index (χ4n) is 2.40. The molecule has 0 amide bonds. The highest BCUT2D eigenvalue weighted by Gasteiger charge is 2.26. The molecule has 1 atom stereocenters. The number of hydrogen-bond acceptors (Lipinski definition) is 2. The van der Waals surface area contributed by atoms with E-state index in [9.17, 15) is 0 Å². The Labute approximate surface area is 98.0 Å². The lowest BCUT2D eigenvalue weighted by Gasteiger charge is -2.35. The maximum Gasteiger partial charge on any atom is 0.119 e. The Morgan fingerprint density at radius 1 is 1.38 bits per heavy atom. The summed E-state index contributed by atoms with van der Waals surface area (Å²) in [5.41, 5.74) is 1.30. The standard InChI is InChI=1S/C14H21NO/c1-10-7-13(8-10)15-11(2)12-5-4-6-14(9-12)16-3/h4-6,9-11,13,15H,7-8H2,1-3H3/t10?,11-,13?/m0/s1. The Bertz CT molecular complexity index is 344. The molecule has 16 heavy (non-hydrogen) atoms. The molecule has 1 fully saturated rings. The first kappa shape index (κ1) is 11.5. The first-order valence-electron chi connectivity index (χ1n) is 6.09. The van der Waals surface area contributed by atoms with Crippen molar-refractivity contribution in [3.8, 4) is 5.75 Å².